The number of benzene rings is 2. The Balaban J connectivity index is 2.11. The van der Waals surface area contributed by atoms with Crippen molar-refractivity contribution < 1.29 is 14.3 Å². The zero-order valence-corrected chi connectivity index (χ0v) is 15.9. The fraction of sp³-hybridized carbons (Fsp3) is 0.333. The number of aryl methyl sites for hydroxylation is 1. The number of amides is 2. The topological polar surface area (TPSA) is 67.4 Å². The first kappa shape index (κ1) is 19.5. The maximum atomic E-state index is 12.5. The molecule has 0 unspecified atom stereocenters. The molecule has 0 aromatic heterocycles. The summed E-state index contributed by atoms with van der Waals surface area (Å²) in [5.74, 6) is 0.110. The molecule has 0 heterocycles. The zero-order chi connectivity index (χ0) is 19.3. The van der Waals surface area contributed by atoms with Gasteiger partial charge in [0.15, 0.2) is 6.10 Å². The first-order chi connectivity index (χ1) is 12.2. The molecule has 2 rings (SSSR count). The lowest BCUT2D eigenvalue weighted by Gasteiger charge is -2.22. The van der Waals surface area contributed by atoms with Crippen molar-refractivity contribution in [3.05, 3.63) is 59.7 Å². The molecule has 0 aliphatic rings. The molecule has 2 aromatic carbocycles. The minimum absolute atomic E-state index is 0.235. The molecule has 1 atom stereocenters. The van der Waals surface area contributed by atoms with Gasteiger partial charge in [-0.25, -0.2) is 0 Å². The molecule has 0 saturated heterocycles. The van der Waals surface area contributed by atoms with Crippen LogP contribution in [0.4, 0.5) is 5.69 Å². The van der Waals surface area contributed by atoms with E-state index < -0.39 is 6.10 Å². The van der Waals surface area contributed by atoms with Gasteiger partial charge in [-0.3, -0.25) is 9.59 Å². The molecule has 0 aliphatic carbocycles. The fourth-order valence-corrected chi connectivity index (χ4v) is 2.37. The summed E-state index contributed by atoms with van der Waals surface area (Å²) in [6, 6.07) is 14.4. The second-order valence-electron chi connectivity index (χ2n) is 7.26. The summed E-state index contributed by atoms with van der Waals surface area (Å²) in [7, 11) is 0. The van der Waals surface area contributed by atoms with Crippen molar-refractivity contribution in [1.29, 1.82) is 0 Å². The van der Waals surface area contributed by atoms with Crippen LogP contribution >= 0.6 is 0 Å². The number of hydrogen-bond acceptors (Lipinski definition) is 3. The minimum atomic E-state index is -0.699. The summed E-state index contributed by atoms with van der Waals surface area (Å²) >= 11 is 0. The largest absolute Gasteiger partial charge is 0.481 e. The summed E-state index contributed by atoms with van der Waals surface area (Å²) in [4.78, 5) is 25.0. The third kappa shape index (κ3) is 5.34. The van der Waals surface area contributed by atoms with Gasteiger partial charge in [-0.1, -0.05) is 30.3 Å². The van der Waals surface area contributed by atoms with E-state index in [-0.39, 0.29) is 17.4 Å². The lowest BCUT2D eigenvalue weighted by Crippen LogP contribution is -2.41. The number of ether oxygens (including phenoxy) is 1. The summed E-state index contributed by atoms with van der Waals surface area (Å²) in [6.07, 6.45) is -0.699. The molecule has 0 aliphatic heterocycles. The highest BCUT2D eigenvalue weighted by molar-refractivity contribution is 6.04. The molecule has 2 N–H and O–H groups in total. The van der Waals surface area contributed by atoms with E-state index in [9.17, 15) is 9.59 Å². The van der Waals surface area contributed by atoms with Gasteiger partial charge in [0.1, 0.15) is 5.75 Å². The van der Waals surface area contributed by atoms with Gasteiger partial charge in [-0.15, -0.1) is 0 Å². The van der Waals surface area contributed by atoms with E-state index in [1.807, 2.05) is 52.0 Å². The van der Waals surface area contributed by atoms with Crippen LogP contribution in [0.25, 0.3) is 0 Å². The van der Waals surface area contributed by atoms with Crippen molar-refractivity contribution in [1.82, 2.24) is 5.32 Å². The van der Waals surface area contributed by atoms with Crippen molar-refractivity contribution in [2.45, 2.75) is 46.3 Å². The first-order valence-electron chi connectivity index (χ1n) is 8.62. The second kappa shape index (κ2) is 8.04. The van der Waals surface area contributed by atoms with Gasteiger partial charge in [0.05, 0.1) is 11.3 Å². The molecule has 26 heavy (non-hydrogen) atoms. The van der Waals surface area contributed by atoms with Crippen molar-refractivity contribution in [2.75, 3.05) is 5.32 Å². The number of anilines is 1. The SMILES string of the molecule is Cc1ccccc1O[C@@H](C)C(=O)Nc1ccccc1C(=O)NC(C)(C)C. The van der Waals surface area contributed by atoms with Crippen LogP contribution in [0.2, 0.25) is 0 Å². The quantitative estimate of drug-likeness (QED) is 0.855. The Morgan fingerprint density at radius 2 is 1.62 bits per heavy atom. The van der Waals surface area contributed by atoms with Gasteiger partial charge in [0, 0.05) is 5.54 Å². The van der Waals surface area contributed by atoms with Gasteiger partial charge < -0.3 is 15.4 Å². The Hall–Kier alpha value is -2.82. The molecule has 138 valence electrons. The first-order valence-corrected chi connectivity index (χ1v) is 8.62. The van der Waals surface area contributed by atoms with Crippen LogP contribution in [0.5, 0.6) is 5.75 Å². The Morgan fingerprint density at radius 3 is 2.27 bits per heavy atom. The summed E-state index contributed by atoms with van der Waals surface area (Å²) < 4.78 is 5.75. The van der Waals surface area contributed by atoms with Gasteiger partial charge >= 0.3 is 0 Å². The van der Waals surface area contributed by atoms with Crippen LogP contribution < -0.4 is 15.4 Å². The lowest BCUT2D eigenvalue weighted by atomic mass is 10.1. The van der Waals surface area contributed by atoms with Crippen LogP contribution in [-0.2, 0) is 4.79 Å². The molecule has 5 nitrogen and oxygen atoms in total. The maximum absolute atomic E-state index is 12.5. The Bertz CT molecular complexity index is 794. The van der Waals surface area contributed by atoms with E-state index in [0.29, 0.717) is 17.0 Å². The normalized spacial score (nSPS) is 12.2. The van der Waals surface area contributed by atoms with Crippen molar-refractivity contribution in [3.63, 3.8) is 0 Å². The molecular weight excluding hydrogens is 328 g/mol. The number of para-hydroxylation sites is 2. The number of hydrogen-bond donors (Lipinski definition) is 2. The molecule has 0 fully saturated rings. The Morgan fingerprint density at radius 1 is 1.00 bits per heavy atom. The van der Waals surface area contributed by atoms with Gasteiger partial charge in [-0.2, -0.15) is 0 Å². The van der Waals surface area contributed by atoms with Crippen LogP contribution in [0.3, 0.4) is 0 Å². The third-order valence-electron chi connectivity index (χ3n) is 3.68. The van der Waals surface area contributed by atoms with E-state index in [1.165, 1.54) is 0 Å². The highest BCUT2D eigenvalue weighted by Crippen LogP contribution is 2.20. The average molecular weight is 354 g/mol. The fourth-order valence-electron chi connectivity index (χ4n) is 2.37. The van der Waals surface area contributed by atoms with E-state index >= 15 is 0 Å². The van der Waals surface area contributed by atoms with Crippen LogP contribution in [-0.4, -0.2) is 23.5 Å². The smallest absolute Gasteiger partial charge is 0.265 e. The van der Waals surface area contributed by atoms with Crippen LogP contribution in [0.15, 0.2) is 48.5 Å². The number of carbonyl (C=O) groups is 2. The maximum Gasteiger partial charge on any atom is 0.265 e. The number of nitrogens with one attached hydrogen (secondary N) is 2. The molecule has 0 bridgehead atoms. The molecule has 5 heteroatoms. The van der Waals surface area contributed by atoms with E-state index in [2.05, 4.69) is 10.6 Å². The molecule has 0 spiro atoms. The summed E-state index contributed by atoms with van der Waals surface area (Å²) in [6.45, 7) is 9.32. The van der Waals surface area contributed by atoms with Gasteiger partial charge in [0.25, 0.3) is 11.8 Å². The van der Waals surface area contributed by atoms with Crippen molar-refractivity contribution >= 4 is 17.5 Å². The number of rotatable bonds is 5. The zero-order valence-electron chi connectivity index (χ0n) is 15.9. The second-order valence-corrected chi connectivity index (χ2v) is 7.26. The minimum Gasteiger partial charge on any atom is -0.481 e. The van der Waals surface area contributed by atoms with E-state index in [4.69, 9.17) is 4.74 Å². The van der Waals surface area contributed by atoms with Gasteiger partial charge in [0.2, 0.25) is 0 Å². The van der Waals surface area contributed by atoms with E-state index in [1.54, 1.807) is 31.2 Å². The molecule has 2 aromatic rings. The summed E-state index contributed by atoms with van der Waals surface area (Å²) in [5, 5.41) is 5.70. The average Bonchev–Trinajstić information content (AvgIpc) is 2.55. The highest BCUT2D eigenvalue weighted by atomic mass is 16.5. The van der Waals surface area contributed by atoms with Crippen molar-refractivity contribution in [3.8, 4) is 5.75 Å². The summed E-state index contributed by atoms with van der Waals surface area (Å²) in [5.41, 5.74) is 1.46. The Labute approximate surface area is 154 Å². The Kier molecular flexibility index (Phi) is 6.03. The van der Waals surface area contributed by atoms with Crippen LogP contribution in [0, 0.1) is 6.92 Å². The predicted molar refractivity (Wildman–Crippen MR) is 104 cm³/mol. The number of carbonyl (C=O) groups excluding carboxylic acids is 2. The van der Waals surface area contributed by atoms with Gasteiger partial charge in [-0.05, 0) is 58.4 Å². The molecule has 2 amide bonds. The standard InChI is InChI=1S/C21H26N2O3/c1-14-10-6-9-13-18(14)26-15(2)19(24)22-17-12-8-7-11-16(17)20(25)23-21(3,4)5/h6-13,15H,1-5H3,(H,22,24)(H,23,25)/t15-/m0/s1. The molecule has 0 radical (unpaired) electrons. The van der Waals surface area contributed by atoms with E-state index in [0.717, 1.165) is 5.56 Å². The van der Waals surface area contributed by atoms with Crippen molar-refractivity contribution in [2.24, 2.45) is 0 Å². The third-order valence-corrected chi connectivity index (χ3v) is 3.68. The lowest BCUT2D eigenvalue weighted by molar-refractivity contribution is -0.122. The predicted octanol–water partition coefficient (Wildman–Crippen LogP) is 3.93. The highest BCUT2D eigenvalue weighted by Gasteiger charge is 2.21. The monoisotopic (exact) mass is 354 g/mol. The molecular formula is C21H26N2O3. The van der Waals surface area contributed by atoms with Crippen LogP contribution in [0.1, 0.15) is 43.6 Å². The molecule has 0 saturated carbocycles.